The lowest BCUT2D eigenvalue weighted by Gasteiger charge is -2.31. The van der Waals surface area contributed by atoms with Gasteiger partial charge in [-0.1, -0.05) is 0 Å². The fraction of sp³-hybridized carbons (Fsp3) is 1.00. The summed E-state index contributed by atoms with van der Waals surface area (Å²) in [6, 6.07) is 0. The number of likely N-dealkylation sites (tertiary alicyclic amines) is 1. The zero-order valence-electron chi connectivity index (χ0n) is 7.54. The molecule has 0 aromatic rings. The lowest BCUT2D eigenvalue weighted by molar-refractivity contribution is 0.164. The quantitative estimate of drug-likeness (QED) is 0.609. The Morgan fingerprint density at radius 1 is 1.50 bits per heavy atom. The second-order valence-electron chi connectivity index (χ2n) is 3.96. The molecule has 2 rings (SSSR count). The van der Waals surface area contributed by atoms with Gasteiger partial charge in [-0.05, 0) is 31.8 Å². The summed E-state index contributed by atoms with van der Waals surface area (Å²) in [5.41, 5.74) is 5.65. The van der Waals surface area contributed by atoms with E-state index in [1.54, 1.807) is 0 Å². The topological polar surface area (TPSA) is 41.8 Å². The van der Waals surface area contributed by atoms with Gasteiger partial charge in [-0.2, -0.15) is 0 Å². The molecule has 2 atom stereocenters. The van der Waals surface area contributed by atoms with Crippen LogP contribution in [0.2, 0.25) is 0 Å². The fourth-order valence-corrected chi connectivity index (χ4v) is 1.97. The number of piperidine rings is 1. The van der Waals surface area contributed by atoms with Crippen LogP contribution in [0.25, 0.3) is 0 Å². The molecule has 0 spiro atoms. The van der Waals surface area contributed by atoms with Crippen LogP contribution in [-0.4, -0.2) is 43.8 Å². The highest BCUT2D eigenvalue weighted by Crippen LogP contribution is 2.18. The normalized spacial score (nSPS) is 36.8. The maximum atomic E-state index is 5.65. The van der Waals surface area contributed by atoms with Crippen LogP contribution in [0, 0.1) is 5.92 Å². The lowest BCUT2D eigenvalue weighted by atomic mass is 9.98. The van der Waals surface area contributed by atoms with Gasteiger partial charge < -0.3 is 15.4 Å². The van der Waals surface area contributed by atoms with E-state index in [1.807, 2.05) is 0 Å². The molecular formula is C9H18N2O. The van der Waals surface area contributed by atoms with E-state index in [0.717, 1.165) is 25.6 Å². The van der Waals surface area contributed by atoms with Crippen molar-refractivity contribution in [2.45, 2.75) is 18.9 Å². The Labute approximate surface area is 73.9 Å². The van der Waals surface area contributed by atoms with E-state index in [4.69, 9.17) is 10.5 Å². The Hall–Kier alpha value is -0.120. The second kappa shape index (κ2) is 3.73. The summed E-state index contributed by atoms with van der Waals surface area (Å²) in [6.07, 6.45) is 3.18. The molecule has 2 fully saturated rings. The van der Waals surface area contributed by atoms with Crippen LogP contribution in [-0.2, 0) is 4.74 Å². The zero-order chi connectivity index (χ0) is 8.39. The number of rotatable bonds is 3. The highest BCUT2D eigenvalue weighted by atomic mass is 16.6. The van der Waals surface area contributed by atoms with Crippen molar-refractivity contribution in [1.82, 2.24) is 4.90 Å². The van der Waals surface area contributed by atoms with Gasteiger partial charge >= 0.3 is 0 Å². The molecule has 2 unspecified atom stereocenters. The van der Waals surface area contributed by atoms with E-state index in [1.165, 1.54) is 25.9 Å². The molecule has 0 aromatic heterocycles. The highest BCUT2D eigenvalue weighted by molar-refractivity contribution is 4.79. The van der Waals surface area contributed by atoms with E-state index in [2.05, 4.69) is 4.90 Å². The first kappa shape index (κ1) is 8.48. The fourth-order valence-electron chi connectivity index (χ4n) is 1.97. The van der Waals surface area contributed by atoms with Gasteiger partial charge in [-0.25, -0.2) is 0 Å². The van der Waals surface area contributed by atoms with Crippen LogP contribution in [0.4, 0.5) is 0 Å². The Morgan fingerprint density at radius 3 is 3.00 bits per heavy atom. The number of ether oxygens (including phenoxy) is 1. The Kier molecular flexibility index (Phi) is 2.63. The molecule has 12 heavy (non-hydrogen) atoms. The zero-order valence-corrected chi connectivity index (χ0v) is 7.54. The maximum absolute atomic E-state index is 5.65. The molecule has 2 heterocycles. The molecule has 0 aromatic carbocycles. The monoisotopic (exact) mass is 170 g/mol. The molecule has 70 valence electrons. The average Bonchev–Trinajstić information content (AvgIpc) is 2.89. The highest BCUT2D eigenvalue weighted by Gasteiger charge is 2.27. The summed E-state index contributed by atoms with van der Waals surface area (Å²) < 4.78 is 5.21. The predicted molar refractivity (Wildman–Crippen MR) is 48.0 cm³/mol. The minimum Gasteiger partial charge on any atom is -0.372 e. The van der Waals surface area contributed by atoms with Crippen molar-refractivity contribution in [3.8, 4) is 0 Å². The average molecular weight is 170 g/mol. The van der Waals surface area contributed by atoms with Gasteiger partial charge in [0.2, 0.25) is 0 Å². The summed E-state index contributed by atoms with van der Waals surface area (Å²) >= 11 is 0. The molecule has 2 saturated heterocycles. The van der Waals surface area contributed by atoms with Gasteiger partial charge in [0.25, 0.3) is 0 Å². The van der Waals surface area contributed by atoms with Crippen LogP contribution in [0.1, 0.15) is 12.8 Å². The molecule has 2 aliphatic heterocycles. The van der Waals surface area contributed by atoms with Gasteiger partial charge in [0.15, 0.2) is 0 Å². The van der Waals surface area contributed by atoms with E-state index in [-0.39, 0.29) is 0 Å². The van der Waals surface area contributed by atoms with Gasteiger partial charge in [0, 0.05) is 13.1 Å². The summed E-state index contributed by atoms with van der Waals surface area (Å²) in [6.45, 7) is 5.40. The number of nitrogens with two attached hydrogens (primary N) is 1. The van der Waals surface area contributed by atoms with Crippen LogP contribution >= 0.6 is 0 Å². The third-order valence-electron chi connectivity index (χ3n) is 2.80. The Balaban J connectivity index is 1.73. The summed E-state index contributed by atoms with van der Waals surface area (Å²) in [4.78, 5) is 2.50. The molecule has 2 aliphatic rings. The number of hydrogen-bond donors (Lipinski definition) is 1. The third kappa shape index (κ3) is 2.19. The van der Waals surface area contributed by atoms with Gasteiger partial charge in [-0.15, -0.1) is 0 Å². The standard InChI is InChI=1S/C9H18N2O/c10-4-8-2-1-3-11(5-8)6-9-7-12-9/h8-9H,1-7,10H2. The molecule has 3 heteroatoms. The van der Waals surface area contributed by atoms with Crippen LogP contribution in [0.15, 0.2) is 0 Å². The van der Waals surface area contributed by atoms with Crippen molar-refractivity contribution in [2.24, 2.45) is 11.7 Å². The van der Waals surface area contributed by atoms with Crippen molar-refractivity contribution in [1.29, 1.82) is 0 Å². The smallest absolute Gasteiger partial charge is 0.0936 e. The van der Waals surface area contributed by atoms with Gasteiger partial charge in [0.1, 0.15) is 0 Å². The largest absolute Gasteiger partial charge is 0.372 e. The predicted octanol–water partition coefficient (Wildman–Crippen LogP) is 0.0559. The van der Waals surface area contributed by atoms with Crippen molar-refractivity contribution >= 4 is 0 Å². The number of epoxide rings is 1. The van der Waals surface area contributed by atoms with Crippen LogP contribution in [0.3, 0.4) is 0 Å². The molecule has 0 bridgehead atoms. The first-order valence-electron chi connectivity index (χ1n) is 4.92. The summed E-state index contributed by atoms with van der Waals surface area (Å²) in [5, 5.41) is 0. The van der Waals surface area contributed by atoms with Crippen molar-refractivity contribution in [3.05, 3.63) is 0 Å². The van der Waals surface area contributed by atoms with Crippen LogP contribution in [0.5, 0.6) is 0 Å². The van der Waals surface area contributed by atoms with E-state index in [9.17, 15) is 0 Å². The van der Waals surface area contributed by atoms with E-state index >= 15 is 0 Å². The first-order chi connectivity index (χ1) is 5.88. The molecule has 2 N–H and O–H groups in total. The molecule has 3 nitrogen and oxygen atoms in total. The first-order valence-corrected chi connectivity index (χ1v) is 4.92. The van der Waals surface area contributed by atoms with Crippen molar-refractivity contribution in [2.75, 3.05) is 32.8 Å². The van der Waals surface area contributed by atoms with E-state index in [0.29, 0.717) is 6.10 Å². The third-order valence-corrected chi connectivity index (χ3v) is 2.80. The summed E-state index contributed by atoms with van der Waals surface area (Å²) in [5.74, 6) is 0.734. The maximum Gasteiger partial charge on any atom is 0.0936 e. The minimum absolute atomic E-state index is 0.543. The minimum atomic E-state index is 0.543. The molecule has 0 radical (unpaired) electrons. The van der Waals surface area contributed by atoms with Gasteiger partial charge in [-0.3, -0.25) is 0 Å². The second-order valence-corrected chi connectivity index (χ2v) is 3.96. The summed E-state index contributed by atoms with van der Waals surface area (Å²) in [7, 11) is 0. The Morgan fingerprint density at radius 2 is 2.33 bits per heavy atom. The Bertz CT molecular complexity index is 147. The van der Waals surface area contributed by atoms with Gasteiger partial charge in [0.05, 0.1) is 12.7 Å². The SMILES string of the molecule is NCC1CCCN(CC2CO2)C1. The van der Waals surface area contributed by atoms with E-state index < -0.39 is 0 Å². The number of hydrogen-bond acceptors (Lipinski definition) is 3. The van der Waals surface area contributed by atoms with Crippen molar-refractivity contribution < 1.29 is 4.74 Å². The number of nitrogens with zero attached hydrogens (tertiary/aromatic N) is 1. The molecule has 0 amide bonds. The van der Waals surface area contributed by atoms with Crippen molar-refractivity contribution in [3.63, 3.8) is 0 Å². The lowest BCUT2D eigenvalue weighted by Crippen LogP contribution is -2.40. The van der Waals surface area contributed by atoms with Crippen LogP contribution < -0.4 is 5.73 Å². The molecule has 0 saturated carbocycles. The molecular weight excluding hydrogens is 152 g/mol. The molecule has 0 aliphatic carbocycles.